The molecule has 0 fully saturated rings. The van der Waals surface area contributed by atoms with Crippen molar-refractivity contribution < 1.29 is 4.74 Å². The van der Waals surface area contributed by atoms with Gasteiger partial charge in [-0.25, -0.2) is 4.85 Å². The number of benzene rings is 1. The molecule has 1 heterocycles. The maximum atomic E-state index is 9.04. The van der Waals surface area contributed by atoms with Gasteiger partial charge < -0.3 is 4.74 Å². The molecule has 1 aliphatic rings. The Balaban J connectivity index is 2.71. The molecule has 7 heteroatoms. The lowest BCUT2D eigenvalue weighted by Crippen LogP contribution is -2.20. The van der Waals surface area contributed by atoms with E-state index in [2.05, 4.69) is 14.9 Å². The Kier molecular flexibility index (Phi) is 4.05. The minimum atomic E-state index is -0.867. The van der Waals surface area contributed by atoms with Gasteiger partial charge in [0, 0.05) is 16.2 Å². The Bertz CT molecular complexity index is 878. The zero-order valence-corrected chi connectivity index (χ0v) is 12.4. The molecule has 2 rings (SSSR count). The average Bonchev–Trinajstić information content (AvgIpc) is 2.80. The van der Waals surface area contributed by atoms with Crippen LogP contribution in [0, 0.1) is 29.2 Å². The van der Waals surface area contributed by atoms with Crippen molar-refractivity contribution in [2.24, 2.45) is 5.11 Å². The van der Waals surface area contributed by atoms with E-state index in [0.29, 0.717) is 16.8 Å². The van der Waals surface area contributed by atoms with Crippen LogP contribution in [0.1, 0.15) is 19.4 Å². The van der Waals surface area contributed by atoms with E-state index in [9.17, 15) is 0 Å². The second kappa shape index (κ2) is 5.95. The second-order valence-electron chi connectivity index (χ2n) is 5.11. The van der Waals surface area contributed by atoms with Crippen LogP contribution < -0.4 is 0 Å². The summed E-state index contributed by atoms with van der Waals surface area (Å²) < 4.78 is 5.71. The first kappa shape index (κ1) is 15.7. The van der Waals surface area contributed by atoms with Crippen molar-refractivity contribution in [3.8, 4) is 12.1 Å². The quantitative estimate of drug-likeness (QED) is 0.266. The monoisotopic (exact) mass is 302 g/mol. The lowest BCUT2D eigenvalue weighted by Gasteiger charge is -2.23. The van der Waals surface area contributed by atoms with Crippen molar-refractivity contribution in [2.45, 2.75) is 19.4 Å². The van der Waals surface area contributed by atoms with Crippen LogP contribution in [0.2, 0.25) is 0 Å². The highest BCUT2D eigenvalue weighted by atomic mass is 16.5. The van der Waals surface area contributed by atoms with Gasteiger partial charge in [0.15, 0.2) is 11.3 Å². The highest BCUT2D eigenvalue weighted by Crippen LogP contribution is 2.45. The van der Waals surface area contributed by atoms with Crippen LogP contribution in [-0.4, -0.2) is 5.60 Å². The Labute approximate surface area is 132 Å². The minimum absolute atomic E-state index is 0.00382. The summed E-state index contributed by atoms with van der Waals surface area (Å²) in [5.41, 5.74) is 9.21. The summed E-state index contributed by atoms with van der Waals surface area (Å²) in [6, 6.07) is 10.2. The maximum Gasteiger partial charge on any atom is 0.237 e. The van der Waals surface area contributed by atoms with Crippen LogP contribution in [0.15, 0.2) is 46.4 Å². The molecule has 110 valence electrons. The fraction of sp³-hybridized carbons (Fsp3) is 0.188. The predicted molar refractivity (Wildman–Crippen MR) is 82.2 cm³/mol. The highest BCUT2D eigenvalue weighted by molar-refractivity contribution is 5.82. The topological polar surface area (TPSA) is 110 Å². The SMILES string of the molecule is [C-]#[N+]C1=C(c2ccc(N=[N+]=[N-])cc2)C(C)(C)OC1=C(C#N)C#N. The van der Waals surface area contributed by atoms with Gasteiger partial charge in [-0.15, -0.1) is 0 Å². The van der Waals surface area contributed by atoms with Crippen LogP contribution in [0.3, 0.4) is 0 Å². The summed E-state index contributed by atoms with van der Waals surface area (Å²) in [7, 11) is 0. The van der Waals surface area contributed by atoms with E-state index in [0.717, 1.165) is 0 Å². The first-order valence-electron chi connectivity index (χ1n) is 6.50. The number of nitriles is 2. The average molecular weight is 302 g/mol. The van der Waals surface area contributed by atoms with E-state index in [4.69, 9.17) is 27.4 Å². The van der Waals surface area contributed by atoms with Crippen molar-refractivity contribution >= 4 is 11.3 Å². The highest BCUT2D eigenvalue weighted by Gasteiger charge is 2.40. The summed E-state index contributed by atoms with van der Waals surface area (Å²) in [4.78, 5) is 6.17. The molecule has 0 amide bonds. The van der Waals surface area contributed by atoms with Crippen LogP contribution >= 0.6 is 0 Å². The molecule has 7 nitrogen and oxygen atoms in total. The smallest absolute Gasteiger partial charge is 0.237 e. The van der Waals surface area contributed by atoms with E-state index in [1.54, 1.807) is 50.3 Å². The van der Waals surface area contributed by atoms with E-state index in [1.165, 1.54) is 0 Å². The number of ether oxygens (including phenoxy) is 1. The number of rotatable bonds is 2. The van der Waals surface area contributed by atoms with Crippen LogP contribution in [0.4, 0.5) is 5.69 Å². The lowest BCUT2D eigenvalue weighted by atomic mass is 9.91. The Morgan fingerprint density at radius 1 is 1.26 bits per heavy atom. The molecular formula is C16H10N6O. The van der Waals surface area contributed by atoms with Crippen LogP contribution in [0.5, 0.6) is 0 Å². The van der Waals surface area contributed by atoms with Gasteiger partial charge in [-0.1, -0.05) is 29.4 Å². The van der Waals surface area contributed by atoms with E-state index < -0.39 is 5.60 Å². The normalized spacial score (nSPS) is 14.8. The number of azide groups is 1. The predicted octanol–water partition coefficient (Wildman–Crippen LogP) is 4.37. The minimum Gasteiger partial charge on any atom is -0.493 e. The molecule has 0 atom stereocenters. The molecule has 0 aliphatic carbocycles. The van der Waals surface area contributed by atoms with Gasteiger partial charge in [-0.2, -0.15) is 10.5 Å². The molecule has 0 spiro atoms. The van der Waals surface area contributed by atoms with Gasteiger partial charge in [-0.05, 0) is 24.9 Å². The van der Waals surface area contributed by atoms with Crippen molar-refractivity contribution in [1.82, 2.24) is 0 Å². The Hall–Kier alpha value is -3.72. The number of hydrogen-bond acceptors (Lipinski definition) is 4. The molecule has 1 aliphatic heterocycles. The Morgan fingerprint density at radius 2 is 1.87 bits per heavy atom. The van der Waals surface area contributed by atoms with Gasteiger partial charge in [-0.3, -0.25) is 0 Å². The van der Waals surface area contributed by atoms with E-state index in [1.807, 2.05) is 0 Å². The van der Waals surface area contributed by atoms with E-state index >= 15 is 0 Å². The largest absolute Gasteiger partial charge is 0.493 e. The molecule has 0 saturated carbocycles. The first-order chi connectivity index (χ1) is 11.0. The lowest BCUT2D eigenvalue weighted by molar-refractivity contribution is 0.109. The summed E-state index contributed by atoms with van der Waals surface area (Å²) in [5.74, 6) is 0.00382. The zero-order valence-electron chi connectivity index (χ0n) is 12.4. The van der Waals surface area contributed by atoms with Crippen molar-refractivity contribution in [2.75, 3.05) is 0 Å². The molecule has 0 bridgehead atoms. The van der Waals surface area contributed by atoms with Gasteiger partial charge in [0.1, 0.15) is 17.7 Å². The third kappa shape index (κ3) is 2.71. The van der Waals surface area contributed by atoms with Crippen molar-refractivity contribution in [3.63, 3.8) is 0 Å². The van der Waals surface area contributed by atoms with Gasteiger partial charge in [0.25, 0.3) is 0 Å². The summed E-state index contributed by atoms with van der Waals surface area (Å²) in [5, 5.41) is 21.6. The molecule has 1 aromatic carbocycles. The molecule has 0 saturated heterocycles. The van der Waals surface area contributed by atoms with Crippen LogP contribution in [-0.2, 0) is 4.74 Å². The fourth-order valence-electron chi connectivity index (χ4n) is 2.39. The summed E-state index contributed by atoms with van der Waals surface area (Å²) in [6.07, 6.45) is 0. The molecule has 0 radical (unpaired) electrons. The maximum absolute atomic E-state index is 9.04. The zero-order chi connectivity index (χ0) is 17.0. The van der Waals surface area contributed by atoms with E-state index in [-0.39, 0.29) is 17.0 Å². The second-order valence-corrected chi connectivity index (χ2v) is 5.11. The molecule has 0 unspecified atom stereocenters. The van der Waals surface area contributed by atoms with Crippen molar-refractivity contribution in [3.05, 3.63) is 68.7 Å². The standard InChI is InChI=1S/C16H10N6O/c1-16(2)13(10-4-6-12(7-5-10)21-22-19)14(20-3)15(23-16)11(8-17)9-18/h4-7H,1-2H3. The first-order valence-corrected chi connectivity index (χ1v) is 6.50. The summed E-state index contributed by atoms with van der Waals surface area (Å²) >= 11 is 0. The number of allylic oxidation sites excluding steroid dienone is 1. The van der Waals surface area contributed by atoms with Crippen molar-refractivity contribution in [1.29, 1.82) is 10.5 Å². The molecular weight excluding hydrogens is 292 g/mol. The third-order valence-corrected chi connectivity index (χ3v) is 3.29. The Morgan fingerprint density at radius 3 is 2.35 bits per heavy atom. The molecule has 1 aromatic rings. The number of hydrogen-bond donors (Lipinski definition) is 0. The molecule has 23 heavy (non-hydrogen) atoms. The molecule has 0 aromatic heterocycles. The van der Waals surface area contributed by atoms with Gasteiger partial charge in [0.05, 0.1) is 6.57 Å². The molecule has 0 N–H and O–H groups in total. The summed E-state index contributed by atoms with van der Waals surface area (Å²) in [6.45, 7) is 10.9. The van der Waals surface area contributed by atoms with Gasteiger partial charge >= 0.3 is 0 Å². The van der Waals surface area contributed by atoms with Crippen LogP contribution in [0.25, 0.3) is 20.9 Å². The fourth-order valence-corrected chi connectivity index (χ4v) is 2.39. The number of nitrogens with zero attached hydrogens (tertiary/aromatic N) is 6. The third-order valence-electron chi connectivity index (χ3n) is 3.29. The van der Waals surface area contributed by atoms with Gasteiger partial charge in [0.2, 0.25) is 5.70 Å².